The molecule has 2 aromatic carbocycles. The summed E-state index contributed by atoms with van der Waals surface area (Å²) in [5.74, 6) is -0.317. The van der Waals surface area contributed by atoms with Crippen molar-refractivity contribution in [2.45, 2.75) is 25.2 Å². The van der Waals surface area contributed by atoms with E-state index in [4.69, 9.17) is 4.74 Å². The van der Waals surface area contributed by atoms with Crippen molar-refractivity contribution in [1.82, 2.24) is 0 Å². The van der Waals surface area contributed by atoms with Gasteiger partial charge in [0.15, 0.2) is 0 Å². The standard InChI is InChI=1S/C21H25NO3/c23-15-12-19(16-25-21(24)18-6-2-1-3-7-18)17-8-10-20(11-9-17)22-13-4-5-14-22/h1-3,6-11,19,23H,4-5,12-16H2. The molecule has 0 amide bonds. The Hall–Kier alpha value is -2.33. The molecular formula is C21H25NO3. The zero-order valence-corrected chi connectivity index (χ0v) is 14.4. The number of carbonyl (C=O) groups is 1. The maximum Gasteiger partial charge on any atom is 0.338 e. The molecule has 0 spiro atoms. The quantitative estimate of drug-likeness (QED) is 0.783. The van der Waals surface area contributed by atoms with Crippen molar-refractivity contribution in [1.29, 1.82) is 0 Å². The van der Waals surface area contributed by atoms with E-state index in [-0.39, 0.29) is 25.1 Å². The van der Waals surface area contributed by atoms with E-state index in [9.17, 15) is 9.90 Å². The van der Waals surface area contributed by atoms with Gasteiger partial charge >= 0.3 is 5.97 Å². The molecule has 0 radical (unpaired) electrons. The number of rotatable bonds is 7. The number of ether oxygens (including phenoxy) is 1. The average Bonchev–Trinajstić information content (AvgIpc) is 3.20. The Morgan fingerprint density at radius 3 is 2.36 bits per heavy atom. The van der Waals surface area contributed by atoms with Crippen molar-refractivity contribution < 1.29 is 14.6 Å². The summed E-state index contributed by atoms with van der Waals surface area (Å²) in [5.41, 5.74) is 2.89. The van der Waals surface area contributed by atoms with Gasteiger partial charge in [0.25, 0.3) is 0 Å². The molecule has 25 heavy (non-hydrogen) atoms. The molecule has 1 N–H and O–H groups in total. The lowest BCUT2D eigenvalue weighted by Crippen LogP contribution is -2.18. The van der Waals surface area contributed by atoms with Crippen LogP contribution in [-0.2, 0) is 4.74 Å². The minimum atomic E-state index is -0.322. The van der Waals surface area contributed by atoms with Gasteiger partial charge in [0, 0.05) is 31.3 Å². The Bertz CT molecular complexity index is 663. The first kappa shape index (κ1) is 17.5. The van der Waals surface area contributed by atoms with Gasteiger partial charge in [-0.3, -0.25) is 0 Å². The van der Waals surface area contributed by atoms with E-state index >= 15 is 0 Å². The molecule has 3 rings (SSSR count). The van der Waals surface area contributed by atoms with Gasteiger partial charge in [0.1, 0.15) is 0 Å². The van der Waals surface area contributed by atoms with Crippen LogP contribution in [0.3, 0.4) is 0 Å². The van der Waals surface area contributed by atoms with Gasteiger partial charge < -0.3 is 14.7 Å². The van der Waals surface area contributed by atoms with Gasteiger partial charge in [-0.15, -0.1) is 0 Å². The highest BCUT2D eigenvalue weighted by Crippen LogP contribution is 2.25. The number of anilines is 1. The smallest absolute Gasteiger partial charge is 0.338 e. The summed E-state index contributed by atoms with van der Waals surface area (Å²) in [7, 11) is 0. The third-order valence-corrected chi connectivity index (χ3v) is 4.74. The average molecular weight is 339 g/mol. The Morgan fingerprint density at radius 1 is 1.04 bits per heavy atom. The largest absolute Gasteiger partial charge is 0.461 e. The minimum absolute atomic E-state index is 0.00490. The molecule has 1 heterocycles. The first-order chi connectivity index (χ1) is 12.3. The fourth-order valence-electron chi connectivity index (χ4n) is 3.27. The topological polar surface area (TPSA) is 49.8 Å². The van der Waals surface area contributed by atoms with E-state index in [0.717, 1.165) is 18.7 Å². The van der Waals surface area contributed by atoms with Crippen LogP contribution in [-0.4, -0.2) is 37.4 Å². The third-order valence-electron chi connectivity index (χ3n) is 4.74. The van der Waals surface area contributed by atoms with Crippen LogP contribution < -0.4 is 4.90 Å². The molecule has 1 atom stereocenters. The summed E-state index contributed by atoms with van der Waals surface area (Å²) in [4.78, 5) is 14.5. The van der Waals surface area contributed by atoms with Gasteiger partial charge in [0.2, 0.25) is 0 Å². The summed E-state index contributed by atoms with van der Waals surface area (Å²) in [6.45, 7) is 2.58. The molecule has 0 saturated carbocycles. The molecule has 1 aliphatic heterocycles. The lowest BCUT2D eigenvalue weighted by atomic mass is 9.96. The SMILES string of the molecule is O=C(OCC(CCO)c1ccc(N2CCCC2)cc1)c1ccccc1. The molecule has 1 unspecified atom stereocenters. The second kappa shape index (κ2) is 8.67. The number of hydrogen-bond donors (Lipinski definition) is 1. The van der Waals surface area contributed by atoms with Gasteiger partial charge in [-0.25, -0.2) is 4.79 Å². The van der Waals surface area contributed by atoms with Crippen LogP contribution in [0.4, 0.5) is 5.69 Å². The second-order valence-electron chi connectivity index (χ2n) is 6.46. The number of hydrogen-bond acceptors (Lipinski definition) is 4. The van der Waals surface area contributed by atoms with Gasteiger partial charge in [0.05, 0.1) is 12.2 Å². The van der Waals surface area contributed by atoms with Crippen LogP contribution >= 0.6 is 0 Å². The predicted octanol–water partition coefficient (Wildman–Crippen LogP) is 3.61. The Kier molecular flexibility index (Phi) is 6.07. The van der Waals surface area contributed by atoms with Crippen molar-refractivity contribution in [3.8, 4) is 0 Å². The maximum atomic E-state index is 12.1. The fourth-order valence-corrected chi connectivity index (χ4v) is 3.27. The molecule has 4 heteroatoms. The zero-order chi connectivity index (χ0) is 17.5. The Balaban J connectivity index is 1.63. The minimum Gasteiger partial charge on any atom is -0.461 e. The molecule has 0 bridgehead atoms. The summed E-state index contributed by atoms with van der Waals surface area (Å²) in [6, 6.07) is 17.4. The predicted molar refractivity (Wildman–Crippen MR) is 99.1 cm³/mol. The molecule has 0 aromatic heterocycles. The molecule has 2 aromatic rings. The first-order valence-corrected chi connectivity index (χ1v) is 8.96. The molecule has 0 aliphatic carbocycles. The van der Waals surface area contributed by atoms with Gasteiger partial charge in [-0.05, 0) is 49.1 Å². The lowest BCUT2D eigenvalue weighted by Gasteiger charge is -2.20. The van der Waals surface area contributed by atoms with Crippen LogP contribution in [0.1, 0.15) is 41.1 Å². The van der Waals surface area contributed by atoms with Crippen molar-refractivity contribution in [3.05, 3.63) is 65.7 Å². The molecular weight excluding hydrogens is 314 g/mol. The lowest BCUT2D eigenvalue weighted by molar-refractivity contribution is 0.0467. The van der Waals surface area contributed by atoms with Gasteiger partial charge in [-0.1, -0.05) is 30.3 Å². The van der Waals surface area contributed by atoms with Crippen LogP contribution in [0, 0.1) is 0 Å². The molecule has 1 fully saturated rings. The van der Waals surface area contributed by atoms with Crippen molar-refractivity contribution >= 4 is 11.7 Å². The molecule has 1 aliphatic rings. The van der Waals surface area contributed by atoms with E-state index in [1.54, 1.807) is 12.1 Å². The van der Waals surface area contributed by atoms with Crippen LogP contribution in [0.5, 0.6) is 0 Å². The highest BCUT2D eigenvalue weighted by molar-refractivity contribution is 5.89. The van der Waals surface area contributed by atoms with Crippen LogP contribution in [0.15, 0.2) is 54.6 Å². The van der Waals surface area contributed by atoms with Crippen LogP contribution in [0.2, 0.25) is 0 Å². The highest BCUT2D eigenvalue weighted by Gasteiger charge is 2.17. The number of carbonyl (C=O) groups excluding carboxylic acids is 1. The molecule has 132 valence electrons. The number of aliphatic hydroxyl groups excluding tert-OH is 1. The van der Waals surface area contributed by atoms with E-state index in [1.807, 2.05) is 18.2 Å². The van der Waals surface area contributed by atoms with E-state index in [1.165, 1.54) is 18.5 Å². The third kappa shape index (κ3) is 4.60. The zero-order valence-electron chi connectivity index (χ0n) is 14.4. The Morgan fingerprint density at radius 2 is 1.72 bits per heavy atom. The summed E-state index contributed by atoms with van der Waals surface area (Å²) in [5, 5.41) is 9.36. The Labute approximate surface area is 149 Å². The fraction of sp³-hybridized carbons (Fsp3) is 0.381. The summed E-state index contributed by atoms with van der Waals surface area (Å²) >= 11 is 0. The normalized spacial score (nSPS) is 15.2. The number of benzene rings is 2. The van der Waals surface area contributed by atoms with E-state index in [0.29, 0.717) is 12.0 Å². The molecule has 4 nitrogen and oxygen atoms in total. The monoisotopic (exact) mass is 339 g/mol. The summed E-state index contributed by atoms with van der Waals surface area (Å²) in [6.07, 6.45) is 3.08. The van der Waals surface area contributed by atoms with Crippen molar-refractivity contribution in [2.24, 2.45) is 0 Å². The second-order valence-corrected chi connectivity index (χ2v) is 6.46. The van der Waals surface area contributed by atoms with E-state index in [2.05, 4.69) is 29.2 Å². The van der Waals surface area contributed by atoms with Crippen molar-refractivity contribution in [3.63, 3.8) is 0 Å². The highest BCUT2D eigenvalue weighted by atomic mass is 16.5. The van der Waals surface area contributed by atoms with Crippen molar-refractivity contribution in [2.75, 3.05) is 31.2 Å². The number of esters is 1. The maximum absolute atomic E-state index is 12.1. The molecule has 1 saturated heterocycles. The number of aliphatic hydroxyl groups is 1. The number of nitrogens with zero attached hydrogens (tertiary/aromatic N) is 1. The van der Waals surface area contributed by atoms with Gasteiger partial charge in [-0.2, -0.15) is 0 Å². The van der Waals surface area contributed by atoms with E-state index < -0.39 is 0 Å². The summed E-state index contributed by atoms with van der Waals surface area (Å²) < 4.78 is 5.47. The van der Waals surface area contributed by atoms with Crippen LogP contribution in [0.25, 0.3) is 0 Å². The first-order valence-electron chi connectivity index (χ1n) is 8.96.